The van der Waals surface area contributed by atoms with E-state index in [1.807, 2.05) is 36.9 Å². The maximum absolute atomic E-state index is 12.8. The fraction of sp³-hybridized carbons (Fsp3) is 0.444. The van der Waals surface area contributed by atoms with Gasteiger partial charge < -0.3 is 14.5 Å². The Labute approximate surface area is 147 Å². The molecule has 0 aliphatic carbocycles. The van der Waals surface area contributed by atoms with Gasteiger partial charge in [0.05, 0.1) is 12.1 Å². The zero-order valence-corrected chi connectivity index (χ0v) is 14.8. The summed E-state index contributed by atoms with van der Waals surface area (Å²) in [6, 6.07) is 3.61. The Morgan fingerprint density at radius 3 is 2.80 bits per heavy atom. The summed E-state index contributed by atoms with van der Waals surface area (Å²) in [6.45, 7) is 3.12. The van der Waals surface area contributed by atoms with Crippen molar-refractivity contribution in [1.82, 2.24) is 19.9 Å². The molecule has 25 heavy (non-hydrogen) atoms. The SMILES string of the molecule is Cc1ncccc1C(=O)N1CCC[C@@H](Oc2nccnc2N(C)C)C1. The molecule has 2 aromatic rings. The molecule has 0 N–H and O–H groups in total. The van der Waals surface area contributed by atoms with E-state index in [1.165, 1.54) is 0 Å². The van der Waals surface area contributed by atoms with Gasteiger partial charge in [-0.1, -0.05) is 0 Å². The predicted molar refractivity (Wildman–Crippen MR) is 94.9 cm³/mol. The number of nitrogens with zero attached hydrogens (tertiary/aromatic N) is 5. The van der Waals surface area contributed by atoms with Crippen LogP contribution in [0.2, 0.25) is 0 Å². The number of aromatic nitrogens is 3. The third-order valence-electron chi connectivity index (χ3n) is 4.25. The molecular formula is C18H23N5O2. The summed E-state index contributed by atoms with van der Waals surface area (Å²) in [5.74, 6) is 1.20. The molecule has 1 aliphatic heterocycles. The van der Waals surface area contributed by atoms with Gasteiger partial charge in [0.2, 0.25) is 0 Å². The molecule has 0 bridgehead atoms. The molecule has 0 unspecified atom stereocenters. The first kappa shape index (κ1) is 17.1. The van der Waals surface area contributed by atoms with Crippen molar-refractivity contribution in [3.63, 3.8) is 0 Å². The summed E-state index contributed by atoms with van der Waals surface area (Å²) in [4.78, 5) is 29.3. The number of amides is 1. The number of aryl methyl sites for hydroxylation is 1. The lowest BCUT2D eigenvalue weighted by molar-refractivity contribution is 0.0527. The number of ether oxygens (including phenoxy) is 1. The largest absolute Gasteiger partial charge is 0.470 e. The lowest BCUT2D eigenvalue weighted by atomic mass is 10.1. The van der Waals surface area contributed by atoms with Crippen molar-refractivity contribution < 1.29 is 9.53 Å². The predicted octanol–water partition coefficient (Wildman–Crippen LogP) is 1.93. The first-order valence-corrected chi connectivity index (χ1v) is 8.42. The highest BCUT2D eigenvalue weighted by molar-refractivity contribution is 5.95. The van der Waals surface area contributed by atoms with Gasteiger partial charge in [0.1, 0.15) is 6.10 Å². The van der Waals surface area contributed by atoms with Crippen LogP contribution in [0.15, 0.2) is 30.7 Å². The Morgan fingerprint density at radius 1 is 1.24 bits per heavy atom. The van der Waals surface area contributed by atoms with E-state index in [0.717, 1.165) is 25.1 Å². The highest BCUT2D eigenvalue weighted by Gasteiger charge is 2.27. The second kappa shape index (κ2) is 7.46. The van der Waals surface area contributed by atoms with Crippen molar-refractivity contribution in [1.29, 1.82) is 0 Å². The molecule has 1 aliphatic rings. The Kier molecular flexibility index (Phi) is 5.11. The second-order valence-electron chi connectivity index (χ2n) is 6.35. The molecule has 0 spiro atoms. The molecular weight excluding hydrogens is 318 g/mol. The first-order chi connectivity index (χ1) is 12.1. The maximum atomic E-state index is 12.8. The van der Waals surface area contributed by atoms with Crippen LogP contribution in [-0.2, 0) is 0 Å². The van der Waals surface area contributed by atoms with Crippen LogP contribution in [-0.4, -0.2) is 59.0 Å². The summed E-state index contributed by atoms with van der Waals surface area (Å²) in [7, 11) is 3.80. The quantitative estimate of drug-likeness (QED) is 0.846. The van der Waals surface area contributed by atoms with Crippen molar-refractivity contribution in [2.75, 3.05) is 32.1 Å². The summed E-state index contributed by atoms with van der Waals surface area (Å²) >= 11 is 0. The fourth-order valence-electron chi connectivity index (χ4n) is 2.97. The van der Waals surface area contributed by atoms with E-state index >= 15 is 0 Å². The normalized spacial score (nSPS) is 17.2. The van der Waals surface area contributed by atoms with Gasteiger partial charge in [-0.3, -0.25) is 9.78 Å². The van der Waals surface area contributed by atoms with E-state index < -0.39 is 0 Å². The Balaban J connectivity index is 1.72. The summed E-state index contributed by atoms with van der Waals surface area (Å²) in [6.07, 6.45) is 6.65. The van der Waals surface area contributed by atoms with E-state index in [4.69, 9.17) is 4.74 Å². The number of anilines is 1. The molecule has 7 nitrogen and oxygen atoms in total. The highest BCUT2D eigenvalue weighted by atomic mass is 16.5. The van der Waals surface area contributed by atoms with Crippen molar-refractivity contribution in [3.05, 3.63) is 42.0 Å². The minimum Gasteiger partial charge on any atom is -0.470 e. The van der Waals surface area contributed by atoms with Crippen molar-refractivity contribution in [2.24, 2.45) is 0 Å². The molecule has 132 valence electrons. The van der Waals surface area contributed by atoms with Crippen molar-refractivity contribution in [3.8, 4) is 5.88 Å². The summed E-state index contributed by atoms with van der Waals surface area (Å²) in [5.41, 5.74) is 1.40. The third kappa shape index (κ3) is 3.87. The fourth-order valence-corrected chi connectivity index (χ4v) is 2.97. The molecule has 1 saturated heterocycles. The van der Waals surface area contributed by atoms with Crippen LogP contribution in [0.25, 0.3) is 0 Å². The molecule has 0 radical (unpaired) electrons. The number of rotatable bonds is 4. The van der Waals surface area contributed by atoms with Crippen molar-refractivity contribution >= 4 is 11.7 Å². The van der Waals surface area contributed by atoms with Crippen LogP contribution in [0.4, 0.5) is 5.82 Å². The van der Waals surface area contributed by atoms with E-state index in [1.54, 1.807) is 24.7 Å². The summed E-state index contributed by atoms with van der Waals surface area (Å²) < 4.78 is 6.07. The second-order valence-corrected chi connectivity index (χ2v) is 6.35. The standard InChI is InChI=1S/C18H23N5O2/c1-13-15(7-4-8-19-13)18(24)23-11-5-6-14(12-23)25-17-16(22(2)3)20-9-10-21-17/h4,7-10,14H,5-6,11-12H2,1-3H3/t14-/m1/s1. The summed E-state index contributed by atoms with van der Waals surface area (Å²) in [5, 5.41) is 0. The van der Waals surface area contributed by atoms with Crippen molar-refractivity contribution in [2.45, 2.75) is 25.9 Å². The van der Waals surface area contributed by atoms with E-state index in [2.05, 4.69) is 15.0 Å². The minimum atomic E-state index is -0.0925. The minimum absolute atomic E-state index is 0.00544. The number of piperidine rings is 1. The lowest BCUT2D eigenvalue weighted by Gasteiger charge is -2.33. The zero-order valence-electron chi connectivity index (χ0n) is 14.8. The number of carbonyl (C=O) groups is 1. The van der Waals surface area contributed by atoms with Gasteiger partial charge in [-0.15, -0.1) is 0 Å². The van der Waals surface area contributed by atoms with Gasteiger partial charge in [-0.2, -0.15) is 0 Å². The van der Waals surface area contributed by atoms with Gasteiger partial charge in [0.25, 0.3) is 11.8 Å². The van der Waals surface area contributed by atoms with Crippen LogP contribution < -0.4 is 9.64 Å². The van der Waals surface area contributed by atoms with Gasteiger partial charge in [0.15, 0.2) is 5.82 Å². The van der Waals surface area contributed by atoms with Gasteiger partial charge in [-0.25, -0.2) is 9.97 Å². The van der Waals surface area contributed by atoms with E-state index in [0.29, 0.717) is 23.8 Å². The highest BCUT2D eigenvalue weighted by Crippen LogP contribution is 2.24. The van der Waals surface area contributed by atoms with Crippen LogP contribution in [0.3, 0.4) is 0 Å². The Hall–Kier alpha value is -2.70. The first-order valence-electron chi connectivity index (χ1n) is 8.42. The van der Waals surface area contributed by atoms with Gasteiger partial charge in [-0.05, 0) is 31.9 Å². The molecule has 1 atom stereocenters. The van der Waals surface area contributed by atoms with Crippen LogP contribution >= 0.6 is 0 Å². The molecule has 2 aromatic heterocycles. The van der Waals surface area contributed by atoms with Crippen LogP contribution in [0.1, 0.15) is 28.9 Å². The maximum Gasteiger partial charge on any atom is 0.257 e. The molecule has 0 saturated carbocycles. The zero-order chi connectivity index (χ0) is 17.8. The molecule has 0 aromatic carbocycles. The average Bonchev–Trinajstić information content (AvgIpc) is 2.62. The third-order valence-corrected chi connectivity index (χ3v) is 4.25. The molecule has 7 heteroatoms. The molecule has 3 rings (SSSR count). The van der Waals surface area contributed by atoms with Gasteiger partial charge in [0, 0.05) is 44.9 Å². The monoisotopic (exact) mass is 341 g/mol. The Bertz CT molecular complexity index is 750. The molecule has 1 amide bonds. The number of hydrogen-bond acceptors (Lipinski definition) is 6. The van der Waals surface area contributed by atoms with Gasteiger partial charge >= 0.3 is 0 Å². The van der Waals surface area contributed by atoms with E-state index in [9.17, 15) is 4.79 Å². The molecule has 1 fully saturated rings. The smallest absolute Gasteiger partial charge is 0.257 e. The van der Waals surface area contributed by atoms with Crippen LogP contribution in [0, 0.1) is 6.92 Å². The topological polar surface area (TPSA) is 71.5 Å². The lowest BCUT2D eigenvalue weighted by Crippen LogP contribution is -2.44. The number of pyridine rings is 1. The number of hydrogen-bond donors (Lipinski definition) is 0. The number of carbonyl (C=O) groups excluding carboxylic acids is 1. The average molecular weight is 341 g/mol. The number of likely N-dealkylation sites (tertiary alicyclic amines) is 1. The van der Waals surface area contributed by atoms with E-state index in [-0.39, 0.29) is 12.0 Å². The van der Waals surface area contributed by atoms with Crippen LogP contribution in [0.5, 0.6) is 5.88 Å². The molecule has 3 heterocycles. The Morgan fingerprint density at radius 2 is 2.04 bits per heavy atom.